The number of hydrogen-bond donors (Lipinski definition) is 1. The highest BCUT2D eigenvalue weighted by Crippen LogP contribution is 2.28. The van der Waals surface area contributed by atoms with Gasteiger partial charge in [0.15, 0.2) is 0 Å². The molecule has 100 valence electrons. The lowest BCUT2D eigenvalue weighted by atomic mass is 10.1. The number of nitrogens with zero attached hydrogens (tertiary/aromatic N) is 1. The van der Waals surface area contributed by atoms with Gasteiger partial charge in [-0.15, -0.1) is 0 Å². The highest BCUT2D eigenvalue weighted by Gasteiger charge is 2.21. The van der Waals surface area contributed by atoms with Crippen LogP contribution in [0.25, 0.3) is 0 Å². The van der Waals surface area contributed by atoms with Crippen molar-refractivity contribution in [3.05, 3.63) is 29.8 Å². The zero-order chi connectivity index (χ0) is 12.8. The van der Waals surface area contributed by atoms with E-state index in [2.05, 4.69) is 41.5 Å². The van der Waals surface area contributed by atoms with Crippen LogP contribution in [-0.2, 0) is 11.3 Å². The number of nitrogens with one attached hydrogen (secondary N) is 1. The van der Waals surface area contributed by atoms with E-state index in [9.17, 15) is 0 Å². The van der Waals surface area contributed by atoms with E-state index in [-0.39, 0.29) is 0 Å². The largest absolute Gasteiger partial charge is 0.379 e. The SMILES string of the molecule is CNCc1ccccc1N(C)CCOCC1CC1. The molecule has 1 N–H and O–H groups in total. The van der Waals surface area contributed by atoms with Gasteiger partial charge in [0.1, 0.15) is 0 Å². The van der Waals surface area contributed by atoms with Gasteiger partial charge in [-0.3, -0.25) is 0 Å². The number of anilines is 1. The molecule has 0 saturated heterocycles. The number of ether oxygens (including phenoxy) is 1. The Morgan fingerprint density at radius 2 is 2.11 bits per heavy atom. The average Bonchev–Trinajstić information content (AvgIpc) is 3.19. The highest BCUT2D eigenvalue weighted by atomic mass is 16.5. The monoisotopic (exact) mass is 248 g/mol. The van der Waals surface area contributed by atoms with Crippen LogP contribution in [0, 0.1) is 5.92 Å². The normalized spacial score (nSPS) is 14.8. The Morgan fingerprint density at radius 3 is 2.83 bits per heavy atom. The lowest BCUT2D eigenvalue weighted by Gasteiger charge is -2.22. The molecule has 1 aromatic carbocycles. The van der Waals surface area contributed by atoms with E-state index in [1.807, 2.05) is 7.05 Å². The Labute approximate surface area is 110 Å². The van der Waals surface area contributed by atoms with Gasteiger partial charge in [0, 0.05) is 32.4 Å². The maximum absolute atomic E-state index is 5.69. The average molecular weight is 248 g/mol. The smallest absolute Gasteiger partial charge is 0.0641 e. The van der Waals surface area contributed by atoms with Gasteiger partial charge in [0.05, 0.1) is 6.61 Å². The fourth-order valence-electron chi connectivity index (χ4n) is 2.08. The van der Waals surface area contributed by atoms with Crippen LogP contribution in [0.1, 0.15) is 18.4 Å². The molecule has 3 nitrogen and oxygen atoms in total. The molecule has 0 heterocycles. The first-order chi connectivity index (χ1) is 8.81. The zero-order valence-corrected chi connectivity index (χ0v) is 11.5. The molecule has 1 fully saturated rings. The Balaban J connectivity index is 1.80. The van der Waals surface area contributed by atoms with Crippen molar-refractivity contribution in [2.24, 2.45) is 5.92 Å². The highest BCUT2D eigenvalue weighted by molar-refractivity contribution is 5.52. The van der Waals surface area contributed by atoms with Gasteiger partial charge < -0.3 is 15.0 Å². The molecule has 0 aliphatic heterocycles. The van der Waals surface area contributed by atoms with Crippen molar-refractivity contribution in [3.8, 4) is 0 Å². The minimum Gasteiger partial charge on any atom is -0.379 e. The van der Waals surface area contributed by atoms with Gasteiger partial charge in [-0.2, -0.15) is 0 Å². The summed E-state index contributed by atoms with van der Waals surface area (Å²) in [6, 6.07) is 8.53. The van der Waals surface area contributed by atoms with Crippen molar-refractivity contribution in [1.29, 1.82) is 0 Å². The zero-order valence-electron chi connectivity index (χ0n) is 11.5. The number of rotatable bonds is 8. The maximum atomic E-state index is 5.69. The van der Waals surface area contributed by atoms with Crippen LogP contribution in [-0.4, -0.2) is 33.9 Å². The fraction of sp³-hybridized carbons (Fsp3) is 0.600. The molecule has 1 saturated carbocycles. The molecule has 0 atom stereocenters. The van der Waals surface area contributed by atoms with E-state index in [0.29, 0.717) is 0 Å². The van der Waals surface area contributed by atoms with E-state index in [0.717, 1.165) is 32.2 Å². The van der Waals surface area contributed by atoms with Gasteiger partial charge in [-0.05, 0) is 37.4 Å². The lowest BCUT2D eigenvalue weighted by Crippen LogP contribution is -2.24. The first kappa shape index (κ1) is 13.4. The quantitative estimate of drug-likeness (QED) is 0.714. The Bertz CT molecular complexity index is 363. The minimum atomic E-state index is 0.820. The van der Waals surface area contributed by atoms with Crippen LogP contribution in [0.5, 0.6) is 0 Å². The molecule has 2 rings (SSSR count). The Morgan fingerprint density at radius 1 is 1.33 bits per heavy atom. The second kappa shape index (κ2) is 6.76. The van der Waals surface area contributed by atoms with Gasteiger partial charge in [0.2, 0.25) is 0 Å². The van der Waals surface area contributed by atoms with Crippen molar-refractivity contribution in [2.75, 3.05) is 38.8 Å². The summed E-state index contributed by atoms with van der Waals surface area (Å²) < 4.78 is 5.69. The topological polar surface area (TPSA) is 24.5 Å². The fourth-order valence-corrected chi connectivity index (χ4v) is 2.08. The van der Waals surface area contributed by atoms with Crippen molar-refractivity contribution in [1.82, 2.24) is 5.32 Å². The molecular formula is C15H24N2O. The number of para-hydroxylation sites is 1. The third-order valence-electron chi connectivity index (χ3n) is 3.39. The molecule has 0 amide bonds. The second-order valence-electron chi connectivity index (χ2n) is 5.10. The third-order valence-corrected chi connectivity index (χ3v) is 3.39. The summed E-state index contributed by atoms with van der Waals surface area (Å²) in [4.78, 5) is 2.28. The first-order valence-corrected chi connectivity index (χ1v) is 6.82. The second-order valence-corrected chi connectivity index (χ2v) is 5.10. The summed E-state index contributed by atoms with van der Waals surface area (Å²) in [5.41, 5.74) is 2.63. The van der Waals surface area contributed by atoms with E-state index in [1.165, 1.54) is 24.1 Å². The Hall–Kier alpha value is -1.06. The number of hydrogen-bond acceptors (Lipinski definition) is 3. The van der Waals surface area contributed by atoms with E-state index >= 15 is 0 Å². The van der Waals surface area contributed by atoms with Crippen molar-refractivity contribution in [3.63, 3.8) is 0 Å². The van der Waals surface area contributed by atoms with Crippen LogP contribution >= 0.6 is 0 Å². The summed E-state index contributed by atoms with van der Waals surface area (Å²) in [6.45, 7) is 3.63. The van der Waals surface area contributed by atoms with Crippen LogP contribution in [0.3, 0.4) is 0 Å². The van der Waals surface area contributed by atoms with Crippen LogP contribution in [0.15, 0.2) is 24.3 Å². The molecule has 1 aliphatic carbocycles. The predicted molar refractivity (Wildman–Crippen MR) is 76.0 cm³/mol. The summed E-state index contributed by atoms with van der Waals surface area (Å²) in [7, 11) is 4.12. The standard InChI is InChI=1S/C15H24N2O/c1-16-11-14-5-3-4-6-15(14)17(2)9-10-18-12-13-7-8-13/h3-6,13,16H,7-12H2,1-2H3. The van der Waals surface area contributed by atoms with Gasteiger partial charge >= 0.3 is 0 Å². The summed E-state index contributed by atoms with van der Waals surface area (Å²) in [5.74, 6) is 0.854. The molecule has 1 aromatic rings. The van der Waals surface area contributed by atoms with Crippen molar-refractivity contribution >= 4 is 5.69 Å². The van der Waals surface area contributed by atoms with E-state index < -0.39 is 0 Å². The van der Waals surface area contributed by atoms with Gasteiger partial charge in [-0.1, -0.05) is 18.2 Å². The number of likely N-dealkylation sites (N-methyl/N-ethyl adjacent to an activating group) is 1. The van der Waals surface area contributed by atoms with Crippen molar-refractivity contribution in [2.45, 2.75) is 19.4 Å². The lowest BCUT2D eigenvalue weighted by molar-refractivity contribution is 0.131. The number of benzene rings is 1. The molecule has 3 heteroatoms. The summed E-state index contributed by atoms with van der Waals surface area (Å²) in [5, 5.41) is 3.21. The third kappa shape index (κ3) is 4.00. The predicted octanol–water partition coefficient (Wildman–Crippen LogP) is 2.27. The summed E-state index contributed by atoms with van der Waals surface area (Å²) in [6.07, 6.45) is 2.72. The molecule has 1 aliphatic rings. The van der Waals surface area contributed by atoms with Crippen LogP contribution < -0.4 is 10.2 Å². The van der Waals surface area contributed by atoms with Crippen LogP contribution in [0.4, 0.5) is 5.69 Å². The molecule has 18 heavy (non-hydrogen) atoms. The van der Waals surface area contributed by atoms with Crippen LogP contribution in [0.2, 0.25) is 0 Å². The first-order valence-electron chi connectivity index (χ1n) is 6.82. The van der Waals surface area contributed by atoms with Crippen molar-refractivity contribution < 1.29 is 4.74 Å². The van der Waals surface area contributed by atoms with Gasteiger partial charge in [0.25, 0.3) is 0 Å². The van der Waals surface area contributed by atoms with Gasteiger partial charge in [-0.25, -0.2) is 0 Å². The molecule has 0 unspecified atom stereocenters. The Kier molecular flexibility index (Phi) is 5.02. The molecule has 0 aromatic heterocycles. The molecule has 0 spiro atoms. The summed E-state index contributed by atoms with van der Waals surface area (Å²) >= 11 is 0. The maximum Gasteiger partial charge on any atom is 0.0641 e. The molecule has 0 bridgehead atoms. The van der Waals surface area contributed by atoms with E-state index in [4.69, 9.17) is 4.74 Å². The molecular weight excluding hydrogens is 224 g/mol. The minimum absolute atomic E-state index is 0.820. The molecule has 0 radical (unpaired) electrons. The van der Waals surface area contributed by atoms with E-state index in [1.54, 1.807) is 0 Å².